The number of hydrogen-bond donors (Lipinski definition) is 0. The molecule has 4 heteroatoms. The molecule has 9 heavy (non-hydrogen) atoms. The van der Waals surface area contributed by atoms with Crippen LogP contribution in [0.5, 0.6) is 0 Å². The van der Waals surface area contributed by atoms with Crippen molar-refractivity contribution in [2.24, 2.45) is 0 Å². The maximum atomic E-state index is 9.94. The fourth-order valence-corrected chi connectivity index (χ4v) is 0.892. The smallest absolute Gasteiger partial charge is 0.403 e. The molecule has 0 rings (SSSR count). The number of thioether (sulfide) groups is 1. The molecule has 0 amide bonds. The molecule has 0 N–H and O–H groups in total. The quantitative estimate of drug-likeness (QED) is 0.475. The second-order valence-electron chi connectivity index (χ2n) is 1.28. The lowest BCUT2D eigenvalue weighted by molar-refractivity contribution is 0.181. The first-order valence-electron chi connectivity index (χ1n) is 2.67. The first-order valence-corrected chi connectivity index (χ1v) is 4.20. The van der Waals surface area contributed by atoms with E-state index >= 15 is 0 Å². The first-order chi connectivity index (χ1) is 4.27. The lowest BCUT2D eigenvalue weighted by Crippen LogP contribution is -1.98. The molecule has 0 atom stereocenters. The van der Waals surface area contributed by atoms with E-state index in [4.69, 9.17) is 11.6 Å². The summed E-state index contributed by atoms with van der Waals surface area (Å²) in [4.78, 5) is 9.94. The molecule has 0 aliphatic heterocycles. The van der Waals surface area contributed by atoms with Gasteiger partial charge in [0.15, 0.2) is 0 Å². The average Bonchev–Trinajstić information content (AvgIpc) is 1.80. The summed E-state index contributed by atoms with van der Waals surface area (Å²) in [6, 6.07) is 0. The maximum absolute atomic E-state index is 9.94. The number of carbonyl (C=O) groups is 1. The predicted octanol–water partition coefficient (Wildman–Crippen LogP) is 2.11. The van der Waals surface area contributed by atoms with Crippen molar-refractivity contribution in [2.75, 3.05) is 18.1 Å². The highest BCUT2D eigenvalue weighted by Gasteiger charge is 1.92. The van der Waals surface area contributed by atoms with E-state index in [1.165, 1.54) is 0 Å². The predicted molar refractivity (Wildman–Crippen MR) is 40.2 cm³/mol. The van der Waals surface area contributed by atoms with Gasteiger partial charge in [0.05, 0.1) is 0 Å². The van der Waals surface area contributed by atoms with E-state index in [2.05, 4.69) is 4.74 Å². The highest BCUT2D eigenvalue weighted by Crippen LogP contribution is 1.98. The Balaban J connectivity index is 2.83. The van der Waals surface area contributed by atoms with Gasteiger partial charge in [-0.25, -0.2) is 4.79 Å². The SMILES string of the molecule is CCSCCOC(=O)Cl. The van der Waals surface area contributed by atoms with E-state index in [1.807, 2.05) is 6.92 Å². The molecule has 2 nitrogen and oxygen atoms in total. The van der Waals surface area contributed by atoms with Crippen molar-refractivity contribution in [3.8, 4) is 0 Å². The fourth-order valence-electron chi connectivity index (χ4n) is 0.325. The number of ether oxygens (including phenoxy) is 1. The molecule has 54 valence electrons. The standard InChI is InChI=1S/C5H9ClO2S/c1-2-9-4-3-8-5(6)7/h2-4H2,1H3. The minimum Gasteiger partial charge on any atom is -0.453 e. The van der Waals surface area contributed by atoms with Crippen LogP contribution in [0.2, 0.25) is 0 Å². The second-order valence-corrected chi connectivity index (χ2v) is 2.99. The maximum Gasteiger partial charge on any atom is 0.403 e. The molecule has 0 aliphatic rings. The van der Waals surface area contributed by atoms with Crippen molar-refractivity contribution in [2.45, 2.75) is 6.92 Å². The van der Waals surface area contributed by atoms with Gasteiger partial charge in [-0.2, -0.15) is 11.8 Å². The van der Waals surface area contributed by atoms with Gasteiger partial charge < -0.3 is 4.74 Å². The van der Waals surface area contributed by atoms with Gasteiger partial charge in [-0.05, 0) is 5.75 Å². The Labute approximate surface area is 63.9 Å². The summed E-state index contributed by atoms with van der Waals surface area (Å²) in [5.74, 6) is 1.87. The largest absolute Gasteiger partial charge is 0.453 e. The van der Waals surface area contributed by atoms with Crippen LogP contribution in [0.3, 0.4) is 0 Å². The van der Waals surface area contributed by atoms with Crippen LogP contribution in [0, 0.1) is 0 Å². The zero-order valence-electron chi connectivity index (χ0n) is 5.22. The molecule has 0 spiro atoms. The van der Waals surface area contributed by atoms with Crippen molar-refractivity contribution >= 4 is 28.8 Å². The monoisotopic (exact) mass is 168 g/mol. The number of carbonyl (C=O) groups excluding carboxylic acids is 1. The molecule has 0 aromatic rings. The van der Waals surface area contributed by atoms with E-state index in [9.17, 15) is 4.79 Å². The van der Waals surface area contributed by atoms with Crippen LogP contribution >= 0.6 is 23.4 Å². The molecule has 0 aromatic heterocycles. The van der Waals surface area contributed by atoms with E-state index in [0.717, 1.165) is 11.5 Å². The molecule has 0 unspecified atom stereocenters. The molecule has 0 aromatic carbocycles. The Kier molecular flexibility index (Phi) is 6.31. The Morgan fingerprint density at radius 3 is 2.89 bits per heavy atom. The van der Waals surface area contributed by atoms with E-state index in [0.29, 0.717) is 6.61 Å². The van der Waals surface area contributed by atoms with E-state index < -0.39 is 5.43 Å². The highest BCUT2D eigenvalue weighted by molar-refractivity contribution is 7.99. The minimum absolute atomic E-state index is 0.418. The summed E-state index contributed by atoms with van der Waals surface area (Å²) in [5, 5.41) is 0. The Morgan fingerprint density at radius 2 is 2.44 bits per heavy atom. The zero-order valence-corrected chi connectivity index (χ0v) is 6.80. The number of halogens is 1. The van der Waals surface area contributed by atoms with Crippen LogP contribution in [0.25, 0.3) is 0 Å². The van der Waals surface area contributed by atoms with Gasteiger partial charge in [-0.15, -0.1) is 0 Å². The van der Waals surface area contributed by atoms with Crippen molar-refractivity contribution in [1.82, 2.24) is 0 Å². The van der Waals surface area contributed by atoms with Crippen molar-refractivity contribution in [3.63, 3.8) is 0 Å². The van der Waals surface area contributed by atoms with Gasteiger partial charge in [-0.1, -0.05) is 6.92 Å². The van der Waals surface area contributed by atoms with Crippen molar-refractivity contribution < 1.29 is 9.53 Å². The van der Waals surface area contributed by atoms with E-state index in [-0.39, 0.29) is 0 Å². The van der Waals surface area contributed by atoms with Gasteiger partial charge in [0.2, 0.25) is 0 Å². The summed E-state index contributed by atoms with van der Waals surface area (Å²) in [6.07, 6.45) is 0. The van der Waals surface area contributed by atoms with E-state index in [1.54, 1.807) is 11.8 Å². The van der Waals surface area contributed by atoms with Gasteiger partial charge in [0, 0.05) is 17.4 Å². The fraction of sp³-hybridized carbons (Fsp3) is 0.800. The zero-order chi connectivity index (χ0) is 7.11. The van der Waals surface area contributed by atoms with Crippen LogP contribution in [-0.4, -0.2) is 23.5 Å². The lowest BCUT2D eigenvalue weighted by Gasteiger charge is -1.96. The first kappa shape index (κ1) is 9.11. The summed E-state index contributed by atoms with van der Waals surface area (Å²) >= 11 is 6.60. The topological polar surface area (TPSA) is 26.3 Å². The number of hydrogen-bond acceptors (Lipinski definition) is 3. The van der Waals surface area contributed by atoms with Crippen LogP contribution < -0.4 is 0 Å². The van der Waals surface area contributed by atoms with Crippen LogP contribution in [-0.2, 0) is 4.74 Å². The summed E-state index contributed by atoms with van der Waals surface area (Å²) in [7, 11) is 0. The molecule has 0 radical (unpaired) electrons. The normalized spacial score (nSPS) is 9.11. The van der Waals surface area contributed by atoms with Crippen LogP contribution in [0.1, 0.15) is 6.92 Å². The molecule has 0 saturated heterocycles. The molecule has 0 fully saturated rings. The molecule has 0 aliphatic carbocycles. The molecular weight excluding hydrogens is 160 g/mol. The minimum atomic E-state index is -0.716. The third-order valence-corrected chi connectivity index (χ3v) is 1.62. The summed E-state index contributed by atoms with van der Waals surface area (Å²) in [5.41, 5.74) is -0.716. The third-order valence-electron chi connectivity index (χ3n) is 0.647. The average molecular weight is 169 g/mol. The van der Waals surface area contributed by atoms with Crippen molar-refractivity contribution in [1.29, 1.82) is 0 Å². The molecule has 0 saturated carbocycles. The van der Waals surface area contributed by atoms with Gasteiger partial charge in [0.1, 0.15) is 6.61 Å². The van der Waals surface area contributed by atoms with Gasteiger partial charge >= 0.3 is 5.43 Å². The van der Waals surface area contributed by atoms with Gasteiger partial charge in [0.25, 0.3) is 0 Å². The third kappa shape index (κ3) is 8.11. The van der Waals surface area contributed by atoms with Crippen molar-refractivity contribution in [3.05, 3.63) is 0 Å². The van der Waals surface area contributed by atoms with Crippen LogP contribution in [0.4, 0.5) is 4.79 Å². The number of rotatable bonds is 4. The molecule has 0 bridgehead atoms. The lowest BCUT2D eigenvalue weighted by atomic mass is 10.9. The summed E-state index contributed by atoms with van der Waals surface area (Å²) in [6.45, 7) is 2.47. The molecule has 0 heterocycles. The highest BCUT2D eigenvalue weighted by atomic mass is 35.5. The Hall–Kier alpha value is 0.110. The van der Waals surface area contributed by atoms with Gasteiger partial charge in [-0.3, -0.25) is 0 Å². The van der Waals surface area contributed by atoms with Crippen LogP contribution in [0.15, 0.2) is 0 Å². The summed E-state index contributed by atoms with van der Waals surface area (Å²) < 4.78 is 4.45. The second kappa shape index (κ2) is 6.23. The Bertz CT molecular complexity index is 87.0. The molecular formula is C5H9ClO2S. The Morgan fingerprint density at radius 1 is 1.78 bits per heavy atom.